The lowest BCUT2D eigenvalue weighted by Crippen LogP contribution is -2.34. The number of nitrogens with one attached hydrogen (secondary N) is 1. The number of benzene rings is 1. The highest BCUT2D eigenvalue weighted by molar-refractivity contribution is 5.29. The third kappa shape index (κ3) is 3.25. The Hall–Kier alpha value is -1.04. The lowest BCUT2D eigenvalue weighted by Gasteiger charge is -2.24. The SMILES string of the molecule is COCCC(C)C(NN)c1c(F)ccc(C)c1F. The molecule has 0 fully saturated rings. The maximum atomic E-state index is 14.0. The minimum Gasteiger partial charge on any atom is -0.385 e. The molecular formula is C13H20F2N2O. The van der Waals surface area contributed by atoms with Crippen LogP contribution < -0.4 is 11.3 Å². The van der Waals surface area contributed by atoms with Gasteiger partial charge in [-0.1, -0.05) is 13.0 Å². The Labute approximate surface area is 106 Å². The van der Waals surface area contributed by atoms with Gasteiger partial charge in [0.25, 0.3) is 0 Å². The number of aryl methyl sites for hydroxylation is 1. The van der Waals surface area contributed by atoms with Crippen molar-refractivity contribution in [3.63, 3.8) is 0 Å². The summed E-state index contributed by atoms with van der Waals surface area (Å²) in [6.45, 7) is 4.00. The maximum absolute atomic E-state index is 14.0. The number of methoxy groups -OCH3 is 1. The molecule has 1 aromatic carbocycles. The van der Waals surface area contributed by atoms with Gasteiger partial charge in [-0.05, 0) is 30.9 Å². The molecule has 102 valence electrons. The van der Waals surface area contributed by atoms with Crippen molar-refractivity contribution in [1.29, 1.82) is 0 Å². The summed E-state index contributed by atoms with van der Waals surface area (Å²) in [6.07, 6.45) is 0.665. The summed E-state index contributed by atoms with van der Waals surface area (Å²) in [6, 6.07) is 2.11. The van der Waals surface area contributed by atoms with Gasteiger partial charge < -0.3 is 4.74 Å². The van der Waals surface area contributed by atoms with Gasteiger partial charge in [0.2, 0.25) is 0 Å². The summed E-state index contributed by atoms with van der Waals surface area (Å²) in [5.41, 5.74) is 2.91. The van der Waals surface area contributed by atoms with Gasteiger partial charge in [-0.25, -0.2) is 8.78 Å². The Morgan fingerprint density at radius 2 is 2.06 bits per heavy atom. The van der Waals surface area contributed by atoms with Crippen molar-refractivity contribution in [1.82, 2.24) is 5.43 Å². The van der Waals surface area contributed by atoms with Crippen molar-refractivity contribution in [2.24, 2.45) is 11.8 Å². The van der Waals surface area contributed by atoms with Crippen LogP contribution in [0.3, 0.4) is 0 Å². The maximum Gasteiger partial charge on any atom is 0.133 e. The highest BCUT2D eigenvalue weighted by Gasteiger charge is 2.25. The summed E-state index contributed by atoms with van der Waals surface area (Å²) in [7, 11) is 1.59. The fourth-order valence-corrected chi connectivity index (χ4v) is 1.97. The molecule has 18 heavy (non-hydrogen) atoms. The van der Waals surface area contributed by atoms with E-state index < -0.39 is 17.7 Å². The Kier molecular flexibility index (Phi) is 5.65. The third-order valence-corrected chi connectivity index (χ3v) is 3.16. The zero-order chi connectivity index (χ0) is 13.7. The van der Waals surface area contributed by atoms with E-state index in [2.05, 4.69) is 5.43 Å². The van der Waals surface area contributed by atoms with E-state index in [1.165, 1.54) is 12.1 Å². The quantitative estimate of drug-likeness (QED) is 0.608. The van der Waals surface area contributed by atoms with Crippen molar-refractivity contribution in [3.05, 3.63) is 34.9 Å². The molecule has 1 aromatic rings. The number of nitrogens with two attached hydrogens (primary N) is 1. The topological polar surface area (TPSA) is 47.3 Å². The molecule has 0 saturated heterocycles. The van der Waals surface area contributed by atoms with Crippen LogP contribution >= 0.6 is 0 Å². The van der Waals surface area contributed by atoms with Gasteiger partial charge in [0.1, 0.15) is 11.6 Å². The smallest absolute Gasteiger partial charge is 0.133 e. The van der Waals surface area contributed by atoms with Gasteiger partial charge in [-0.2, -0.15) is 0 Å². The van der Waals surface area contributed by atoms with Crippen molar-refractivity contribution in [2.45, 2.75) is 26.3 Å². The lowest BCUT2D eigenvalue weighted by atomic mass is 9.91. The molecule has 1 rings (SSSR count). The minimum absolute atomic E-state index is 0.00102. The van der Waals surface area contributed by atoms with Crippen LogP contribution in [0.2, 0.25) is 0 Å². The van der Waals surface area contributed by atoms with Gasteiger partial charge in [0.15, 0.2) is 0 Å². The largest absolute Gasteiger partial charge is 0.385 e. The van der Waals surface area contributed by atoms with Gasteiger partial charge in [-0.3, -0.25) is 11.3 Å². The Balaban J connectivity index is 3.05. The zero-order valence-corrected chi connectivity index (χ0v) is 11.0. The van der Waals surface area contributed by atoms with E-state index in [9.17, 15) is 8.78 Å². The van der Waals surface area contributed by atoms with E-state index in [4.69, 9.17) is 10.6 Å². The van der Waals surface area contributed by atoms with E-state index in [1.54, 1.807) is 14.0 Å². The monoisotopic (exact) mass is 258 g/mol. The minimum atomic E-state index is -0.578. The molecule has 0 radical (unpaired) electrons. The van der Waals surface area contributed by atoms with Crippen molar-refractivity contribution in [2.75, 3.05) is 13.7 Å². The number of hydrogen-bond donors (Lipinski definition) is 2. The predicted octanol–water partition coefficient (Wildman–Crippen LogP) is 2.45. The molecule has 0 aliphatic heterocycles. The molecule has 2 unspecified atom stereocenters. The van der Waals surface area contributed by atoms with Gasteiger partial charge in [-0.15, -0.1) is 0 Å². The lowest BCUT2D eigenvalue weighted by molar-refractivity contribution is 0.169. The molecule has 5 heteroatoms. The number of ether oxygens (including phenoxy) is 1. The molecule has 0 saturated carbocycles. The predicted molar refractivity (Wildman–Crippen MR) is 66.8 cm³/mol. The molecule has 3 N–H and O–H groups in total. The first-order chi connectivity index (χ1) is 8.52. The highest BCUT2D eigenvalue weighted by atomic mass is 19.1. The van der Waals surface area contributed by atoms with Crippen molar-refractivity contribution in [3.8, 4) is 0 Å². The molecule has 0 aromatic heterocycles. The summed E-state index contributed by atoms with van der Waals surface area (Å²) >= 11 is 0. The number of hydrogen-bond acceptors (Lipinski definition) is 3. The summed E-state index contributed by atoms with van der Waals surface area (Å²) < 4.78 is 32.8. The second-order valence-corrected chi connectivity index (χ2v) is 4.50. The van der Waals surface area contributed by atoms with E-state index in [-0.39, 0.29) is 11.5 Å². The van der Waals surface area contributed by atoms with Gasteiger partial charge in [0.05, 0.1) is 6.04 Å². The average Bonchev–Trinajstić information content (AvgIpc) is 2.36. The first-order valence-corrected chi connectivity index (χ1v) is 5.92. The Morgan fingerprint density at radius 3 is 2.61 bits per heavy atom. The zero-order valence-electron chi connectivity index (χ0n) is 11.0. The molecule has 3 nitrogen and oxygen atoms in total. The van der Waals surface area contributed by atoms with Crippen LogP contribution in [0.5, 0.6) is 0 Å². The van der Waals surface area contributed by atoms with Crippen LogP contribution in [0.15, 0.2) is 12.1 Å². The van der Waals surface area contributed by atoms with E-state index >= 15 is 0 Å². The molecule has 0 bridgehead atoms. The Bertz CT molecular complexity index is 399. The fraction of sp³-hybridized carbons (Fsp3) is 0.538. The molecule has 0 heterocycles. The fourth-order valence-electron chi connectivity index (χ4n) is 1.97. The molecule has 2 atom stereocenters. The van der Waals surface area contributed by atoms with E-state index in [0.29, 0.717) is 18.6 Å². The normalized spacial score (nSPS) is 14.6. The van der Waals surface area contributed by atoms with E-state index in [0.717, 1.165) is 0 Å². The molecule has 0 aliphatic rings. The van der Waals surface area contributed by atoms with Crippen molar-refractivity contribution < 1.29 is 13.5 Å². The molecular weight excluding hydrogens is 238 g/mol. The second kappa shape index (κ2) is 6.78. The van der Waals surface area contributed by atoms with Crippen LogP contribution in [0.4, 0.5) is 8.78 Å². The van der Waals surface area contributed by atoms with Crippen LogP contribution in [-0.4, -0.2) is 13.7 Å². The first-order valence-electron chi connectivity index (χ1n) is 5.92. The van der Waals surface area contributed by atoms with Gasteiger partial charge >= 0.3 is 0 Å². The molecule has 0 amide bonds. The summed E-state index contributed by atoms with van der Waals surface area (Å²) in [4.78, 5) is 0. The number of halogens is 2. The summed E-state index contributed by atoms with van der Waals surface area (Å²) in [5.74, 6) is 4.28. The van der Waals surface area contributed by atoms with E-state index in [1.807, 2.05) is 6.92 Å². The standard InChI is InChI=1S/C13H20F2N2O/c1-8-4-5-10(14)11(12(8)15)13(17-16)9(2)6-7-18-3/h4-5,9,13,17H,6-7,16H2,1-3H3. The second-order valence-electron chi connectivity index (χ2n) is 4.50. The number of rotatable bonds is 6. The highest BCUT2D eigenvalue weighted by Crippen LogP contribution is 2.29. The Morgan fingerprint density at radius 1 is 1.39 bits per heavy atom. The average molecular weight is 258 g/mol. The first kappa shape index (κ1) is 15.0. The molecule has 0 aliphatic carbocycles. The van der Waals surface area contributed by atoms with Crippen molar-refractivity contribution >= 4 is 0 Å². The van der Waals surface area contributed by atoms with Gasteiger partial charge in [0, 0.05) is 19.3 Å². The third-order valence-electron chi connectivity index (χ3n) is 3.16. The number of hydrazine groups is 1. The van der Waals surface area contributed by atoms with Crippen LogP contribution in [0.25, 0.3) is 0 Å². The summed E-state index contributed by atoms with van der Waals surface area (Å²) in [5, 5.41) is 0. The molecule has 0 spiro atoms. The van der Waals surface area contributed by atoms with Crippen LogP contribution in [0.1, 0.15) is 30.5 Å². The van der Waals surface area contributed by atoms with Crippen LogP contribution in [-0.2, 0) is 4.74 Å². The van der Waals surface area contributed by atoms with Crippen LogP contribution in [0, 0.1) is 24.5 Å².